The highest BCUT2D eigenvalue weighted by Crippen LogP contribution is 2.42. The molecule has 178 valence electrons. The first-order valence-corrected chi connectivity index (χ1v) is 10.0. The SMILES string of the molecule is NS(=O)(=O)c1ccc(-n2nc(C(F)(F)F)cc2-c2cc(C(F)(F)F)ccc2C(F)(F)F)cc1. The molecule has 0 bridgehead atoms. The number of alkyl halides is 9. The number of primary sulfonamides is 1. The summed E-state index contributed by atoms with van der Waals surface area (Å²) in [5.74, 6) is 0. The highest BCUT2D eigenvalue weighted by Gasteiger charge is 2.40. The van der Waals surface area contributed by atoms with Crippen LogP contribution in [0.15, 0.2) is 53.4 Å². The first-order valence-electron chi connectivity index (χ1n) is 8.48. The van der Waals surface area contributed by atoms with Crippen LogP contribution >= 0.6 is 0 Å². The summed E-state index contributed by atoms with van der Waals surface area (Å²) in [6.07, 6.45) is -15.5. The van der Waals surface area contributed by atoms with Crippen LogP contribution in [0.1, 0.15) is 16.8 Å². The van der Waals surface area contributed by atoms with E-state index in [1.165, 1.54) is 0 Å². The molecule has 0 saturated heterocycles. The summed E-state index contributed by atoms with van der Waals surface area (Å²) in [6.45, 7) is 0. The maximum absolute atomic E-state index is 13.5. The molecule has 0 spiro atoms. The lowest BCUT2D eigenvalue weighted by Crippen LogP contribution is -2.13. The quantitative estimate of drug-likeness (QED) is 0.497. The van der Waals surface area contributed by atoms with Crippen molar-refractivity contribution in [3.8, 4) is 16.9 Å². The summed E-state index contributed by atoms with van der Waals surface area (Å²) < 4.78 is 143. The molecule has 0 saturated carbocycles. The smallest absolute Gasteiger partial charge is 0.232 e. The van der Waals surface area contributed by atoms with Crippen molar-refractivity contribution in [1.82, 2.24) is 9.78 Å². The third kappa shape index (κ3) is 5.13. The van der Waals surface area contributed by atoms with E-state index < -0.39 is 61.5 Å². The normalized spacial score (nSPS) is 13.4. The Labute approximate surface area is 179 Å². The third-order valence-electron chi connectivity index (χ3n) is 4.34. The van der Waals surface area contributed by atoms with Gasteiger partial charge in [-0.3, -0.25) is 0 Å². The molecule has 15 heteroatoms. The Morgan fingerprint density at radius 3 is 1.79 bits per heavy atom. The number of aromatic nitrogens is 2. The lowest BCUT2D eigenvalue weighted by molar-refractivity contribution is -0.141. The second-order valence-electron chi connectivity index (χ2n) is 6.62. The molecule has 0 atom stereocenters. The molecule has 2 N–H and O–H groups in total. The minimum atomic E-state index is -5.22. The molecule has 0 radical (unpaired) electrons. The fourth-order valence-corrected chi connectivity index (χ4v) is 3.38. The number of halogens is 9. The molecule has 0 aliphatic rings. The molecule has 0 fully saturated rings. The Morgan fingerprint density at radius 2 is 1.33 bits per heavy atom. The van der Waals surface area contributed by atoms with Gasteiger partial charge in [-0.05, 0) is 48.5 Å². The van der Waals surface area contributed by atoms with Crippen LogP contribution < -0.4 is 5.14 Å². The zero-order valence-corrected chi connectivity index (χ0v) is 16.5. The predicted octanol–water partition coefficient (Wildman–Crippen LogP) is 5.24. The zero-order chi connectivity index (χ0) is 25.0. The molecule has 0 aliphatic carbocycles. The number of sulfonamides is 1. The number of nitrogens with zero attached hydrogens (tertiary/aromatic N) is 2. The van der Waals surface area contributed by atoms with Gasteiger partial charge in [-0.2, -0.15) is 44.6 Å². The third-order valence-corrected chi connectivity index (χ3v) is 5.27. The Kier molecular flexibility index (Phi) is 5.78. The van der Waals surface area contributed by atoms with Gasteiger partial charge in [0.05, 0.1) is 27.4 Å². The van der Waals surface area contributed by atoms with Gasteiger partial charge in [-0.25, -0.2) is 18.2 Å². The monoisotopic (exact) mass is 503 g/mol. The van der Waals surface area contributed by atoms with Crippen molar-refractivity contribution in [3.05, 3.63) is 65.4 Å². The first-order chi connectivity index (χ1) is 14.9. The molecule has 3 rings (SSSR count). The van der Waals surface area contributed by atoms with Crippen LogP contribution in [0.3, 0.4) is 0 Å². The number of benzene rings is 2. The van der Waals surface area contributed by atoms with Crippen LogP contribution in [0, 0.1) is 0 Å². The van der Waals surface area contributed by atoms with Crippen molar-refractivity contribution in [3.63, 3.8) is 0 Å². The van der Waals surface area contributed by atoms with Crippen LogP contribution in [0.25, 0.3) is 16.9 Å². The van der Waals surface area contributed by atoms with Crippen LogP contribution in [0.5, 0.6) is 0 Å². The van der Waals surface area contributed by atoms with E-state index in [1.807, 2.05) is 0 Å². The standard InChI is InChI=1S/C18H10F9N3O2S/c19-16(20,21)9-1-6-13(17(22,23)24)12(7-9)14-8-15(18(25,26)27)29-30(14)10-2-4-11(5-3-10)33(28,31)32/h1-8H,(H2,28,31,32). The molecular formula is C18H10F9N3O2S. The van der Waals surface area contributed by atoms with Crippen molar-refractivity contribution in [2.75, 3.05) is 0 Å². The van der Waals surface area contributed by atoms with Crippen LogP contribution in [0.4, 0.5) is 39.5 Å². The summed E-state index contributed by atoms with van der Waals surface area (Å²) >= 11 is 0. The molecule has 1 heterocycles. The van der Waals surface area contributed by atoms with E-state index >= 15 is 0 Å². The van der Waals surface area contributed by atoms with Crippen molar-refractivity contribution in [2.45, 2.75) is 23.4 Å². The van der Waals surface area contributed by atoms with Crippen LogP contribution in [0.2, 0.25) is 0 Å². The molecule has 3 aromatic rings. The minimum Gasteiger partial charge on any atom is -0.232 e. The van der Waals surface area contributed by atoms with Gasteiger partial charge in [0.25, 0.3) is 0 Å². The van der Waals surface area contributed by atoms with E-state index in [0.29, 0.717) is 4.68 Å². The molecule has 0 aliphatic heterocycles. The van der Waals surface area contributed by atoms with Gasteiger partial charge in [0.2, 0.25) is 10.0 Å². The number of nitrogens with two attached hydrogens (primary N) is 1. The summed E-state index contributed by atoms with van der Waals surface area (Å²) in [5.41, 5.74) is -7.38. The van der Waals surface area contributed by atoms with Gasteiger partial charge in [-0.15, -0.1) is 0 Å². The highest BCUT2D eigenvalue weighted by molar-refractivity contribution is 7.89. The van der Waals surface area contributed by atoms with Crippen LogP contribution in [-0.4, -0.2) is 18.2 Å². The maximum atomic E-state index is 13.5. The molecule has 0 unspecified atom stereocenters. The zero-order valence-electron chi connectivity index (χ0n) is 15.7. The minimum absolute atomic E-state index is 0.0647. The summed E-state index contributed by atoms with van der Waals surface area (Å²) in [7, 11) is -4.21. The molecule has 33 heavy (non-hydrogen) atoms. The van der Waals surface area contributed by atoms with E-state index in [-0.39, 0.29) is 30.0 Å². The van der Waals surface area contributed by atoms with Crippen LogP contribution in [-0.2, 0) is 28.6 Å². The number of hydrogen-bond donors (Lipinski definition) is 1. The Balaban J connectivity index is 2.35. The number of hydrogen-bond acceptors (Lipinski definition) is 3. The molecule has 1 aromatic heterocycles. The van der Waals surface area contributed by atoms with E-state index in [0.717, 1.165) is 24.3 Å². The Bertz CT molecular complexity index is 1290. The van der Waals surface area contributed by atoms with Gasteiger partial charge in [0.1, 0.15) is 0 Å². The highest BCUT2D eigenvalue weighted by atomic mass is 32.2. The van der Waals surface area contributed by atoms with Gasteiger partial charge in [0.15, 0.2) is 5.69 Å². The second kappa shape index (κ2) is 7.76. The molecular weight excluding hydrogens is 493 g/mol. The second-order valence-corrected chi connectivity index (χ2v) is 8.18. The summed E-state index contributed by atoms with van der Waals surface area (Å²) in [5, 5.41) is 8.12. The maximum Gasteiger partial charge on any atom is 0.435 e. The molecule has 0 amide bonds. The van der Waals surface area contributed by atoms with E-state index in [2.05, 4.69) is 5.10 Å². The number of rotatable bonds is 3. The van der Waals surface area contributed by atoms with E-state index in [1.54, 1.807) is 0 Å². The average molecular weight is 503 g/mol. The van der Waals surface area contributed by atoms with Gasteiger partial charge >= 0.3 is 18.5 Å². The van der Waals surface area contributed by atoms with E-state index in [9.17, 15) is 47.9 Å². The summed E-state index contributed by atoms with van der Waals surface area (Å²) in [4.78, 5) is -0.467. The summed E-state index contributed by atoms with van der Waals surface area (Å²) in [6, 6.07) is 3.95. The topological polar surface area (TPSA) is 78.0 Å². The fourth-order valence-electron chi connectivity index (χ4n) is 2.87. The lowest BCUT2D eigenvalue weighted by Gasteiger charge is -2.17. The van der Waals surface area contributed by atoms with Gasteiger partial charge in [-0.1, -0.05) is 0 Å². The van der Waals surface area contributed by atoms with Gasteiger partial charge in [0, 0.05) is 5.56 Å². The van der Waals surface area contributed by atoms with Crippen molar-refractivity contribution >= 4 is 10.0 Å². The Hall–Kier alpha value is -3.07. The fraction of sp³-hybridized carbons (Fsp3) is 0.167. The molecule has 5 nitrogen and oxygen atoms in total. The largest absolute Gasteiger partial charge is 0.435 e. The lowest BCUT2D eigenvalue weighted by atomic mass is 9.99. The predicted molar refractivity (Wildman–Crippen MR) is 95.4 cm³/mol. The van der Waals surface area contributed by atoms with Gasteiger partial charge < -0.3 is 0 Å². The first kappa shape index (κ1) is 24.6. The van der Waals surface area contributed by atoms with Crippen molar-refractivity contribution < 1.29 is 47.9 Å². The average Bonchev–Trinajstić information content (AvgIpc) is 3.11. The Morgan fingerprint density at radius 1 is 0.758 bits per heavy atom. The molecule has 2 aromatic carbocycles. The van der Waals surface area contributed by atoms with E-state index in [4.69, 9.17) is 5.14 Å². The van der Waals surface area contributed by atoms with Crippen molar-refractivity contribution in [2.24, 2.45) is 5.14 Å². The van der Waals surface area contributed by atoms with Crippen molar-refractivity contribution in [1.29, 1.82) is 0 Å².